The summed E-state index contributed by atoms with van der Waals surface area (Å²) in [5, 5.41) is 3.24. The lowest BCUT2D eigenvalue weighted by Gasteiger charge is -2.00. The third-order valence-corrected chi connectivity index (χ3v) is 2.80. The number of carbonyl (C=O) groups is 1. The first-order valence-electron chi connectivity index (χ1n) is 6.06. The number of aromatic nitrogens is 2. The Kier molecular flexibility index (Phi) is 4.35. The van der Waals surface area contributed by atoms with Crippen LogP contribution in [0.25, 0.3) is 0 Å². The molecule has 6 heteroatoms. The number of imidazole rings is 1. The Morgan fingerprint density at radius 3 is 3.11 bits per heavy atom. The molecule has 2 aromatic rings. The number of H-pyrrole nitrogens is 1. The van der Waals surface area contributed by atoms with Gasteiger partial charge in [-0.15, -0.1) is 0 Å². The average molecular weight is 263 g/mol. The standard InChI is InChI=1S/C13H17N3O3/c1-9-12(13(17)18-2)5-11(19-9)7-14-4-3-10-6-15-8-16-10/h5-6,8,14H,3-4,7H2,1-2H3,(H,15,16). The average Bonchev–Trinajstić information content (AvgIpc) is 3.03. The van der Waals surface area contributed by atoms with Gasteiger partial charge in [0.1, 0.15) is 17.1 Å². The summed E-state index contributed by atoms with van der Waals surface area (Å²) in [6.07, 6.45) is 4.32. The number of nitrogens with one attached hydrogen (secondary N) is 2. The maximum atomic E-state index is 11.4. The van der Waals surface area contributed by atoms with Gasteiger partial charge in [-0.3, -0.25) is 0 Å². The zero-order valence-corrected chi connectivity index (χ0v) is 11.0. The van der Waals surface area contributed by atoms with E-state index in [4.69, 9.17) is 4.42 Å². The van der Waals surface area contributed by atoms with E-state index in [0.717, 1.165) is 24.4 Å². The Morgan fingerprint density at radius 2 is 2.42 bits per heavy atom. The van der Waals surface area contributed by atoms with Gasteiger partial charge in [0.15, 0.2) is 0 Å². The number of aromatic amines is 1. The number of rotatable bonds is 6. The summed E-state index contributed by atoms with van der Waals surface area (Å²) < 4.78 is 10.2. The normalized spacial score (nSPS) is 10.6. The number of hydrogen-bond donors (Lipinski definition) is 2. The van der Waals surface area contributed by atoms with Crippen molar-refractivity contribution in [2.75, 3.05) is 13.7 Å². The SMILES string of the molecule is COC(=O)c1cc(CNCCc2cnc[nH]2)oc1C. The Hall–Kier alpha value is -2.08. The van der Waals surface area contributed by atoms with Crippen LogP contribution in [0.1, 0.15) is 27.6 Å². The van der Waals surface area contributed by atoms with Crippen LogP contribution < -0.4 is 5.32 Å². The van der Waals surface area contributed by atoms with Crippen LogP contribution in [-0.4, -0.2) is 29.6 Å². The number of hydrogen-bond acceptors (Lipinski definition) is 5. The molecule has 0 atom stereocenters. The largest absolute Gasteiger partial charge is 0.465 e. The van der Waals surface area contributed by atoms with Gasteiger partial charge in [0, 0.05) is 24.9 Å². The van der Waals surface area contributed by atoms with Crippen molar-refractivity contribution in [2.24, 2.45) is 0 Å². The number of esters is 1. The zero-order valence-electron chi connectivity index (χ0n) is 11.0. The summed E-state index contributed by atoms with van der Waals surface area (Å²) in [6, 6.07) is 1.71. The molecule has 0 amide bonds. The number of ether oxygens (including phenoxy) is 1. The van der Waals surface area contributed by atoms with Crippen molar-refractivity contribution in [1.29, 1.82) is 0 Å². The number of methoxy groups -OCH3 is 1. The first-order chi connectivity index (χ1) is 9.20. The second-order valence-electron chi connectivity index (χ2n) is 4.18. The maximum absolute atomic E-state index is 11.4. The molecule has 0 unspecified atom stereocenters. The summed E-state index contributed by atoms with van der Waals surface area (Å²) in [5.74, 6) is 0.935. The van der Waals surface area contributed by atoms with E-state index in [9.17, 15) is 4.79 Å². The molecular weight excluding hydrogens is 246 g/mol. The molecule has 0 aliphatic carbocycles. The fourth-order valence-electron chi connectivity index (χ4n) is 1.80. The second-order valence-corrected chi connectivity index (χ2v) is 4.18. The number of carbonyl (C=O) groups excluding carboxylic acids is 1. The molecule has 2 heterocycles. The van der Waals surface area contributed by atoms with Crippen LogP contribution in [0.4, 0.5) is 0 Å². The summed E-state index contributed by atoms with van der Waals surface area (Å²) in [5.41, 5.74) is 1.56. The molecular formula is C13H17N3O3. The molecule has 6 nitrogen and oxygen atoms in total. The minimum absolute atomic E-state index is 0.370. The highest BCUT2D eigenvalue weighted by Gasteiger charge is 2.14. The van der Waals surface area contributed by atoms with Crippen LogP contribution in [-0.2, 0) is 17.7 Å². The lowest BCUT2D eigenvalue weighted by molar-refractivity contribution is 0.0599. The van der Waals surface area contributed by atoms with Gasteiger partial charge in [0.05, 0.1) is 20.0 Å². The Balaban J connectivity index is 1.81. The van der Waals surface area contributed by atoms with E-state index in [2.05, 4.69) is 20.0 Å². The molecule has 102 valence electrons. The molecule has 2 aromatic heterocycles. The van der Waals surface area contributed by atoms with Crippen molar-refractivity contribution in [3.63, 3.8) is 0 Å². The molecule has 2 rings (SSSR count). The van der Waals surface area contributed by atoms with Gasteiger partial charge in [-0.2, -0.15) is 0 Å². The Labute approximate surface area is 111 Å². The van der Waals surface area contributed by atoms with Crippen molar-refractivity contribution in [3.8, 4) is 0 Å². The molecule has 0 aliphatic heterocycles. The highest BCUT2D eigenvalue weighted by Crippen LogP contribution is 2.15. The van der Waals surface area contributed by atoms with Gasteiger partial charge in [-0.25, -0.2) is 9.78 Å². The third kappa shape index (κ3) is 3.45. The van der Waals surface area contributed by atoms with Crippen molar-refractivity contribution in [2.45, 2.75) is 19.9 Å². The third-order valence-electron chi connectivity index (χ3n) is 2.80. The first kappa shape index (κ1) is 13.4. The fourth-order valence-corrected chi connectivity index (χ4v) is 1.80. The molecule has 2 N–H and O–H groups in total. The molecule has 19 heavy (non-hydrogen) atoms. The van der Waals surface area contributed by atoms with E-state index < -0.39 is 0 Å². The van der Waals surface area contributed by atoms with Gasteiger partial charge < -0.3 is 19.5 Å². The van der Waals surface area contributed by atoms with E-state index in [1.807, 2.05) is 0 Å². The molecule has 0 saturated carbocycles. The fraction of sp³-hybridized carbons (Fsp3) is 0.385. The number of aryl methyl sites for hydroxylation is 1. The van der Waals surface area contributed by atoms with Crippen molar-refractivity contribution in [3.05, 3.63) is 41.4 Å². The molecule has 0 spiro atoms. The van der Waals surface area contributed by atoms with Crippen LogP contribution in [0.15, 0.2) is 23.0 Å². The van der Waals surface area contributed by atoms with E-state index >= 15 is 0 Å². The second kappa shape index (κ2) is 6.19. The van der Waals surface area contributed by atoms with E-state index in [0.29, 0.717) is 17.9 Å². The molecule has 0 aromatic carbocycles. The van der Waals surface area contributed by atoms with Crippen molar-refractivity contribution < 1.29 is 13.9 Å². The van der Waals surface area contributed by atoms with Crippen LogP contribution in [0, 0.1) is 6.92 Å². The predicted octanol–water partition coefficient (Wildman–Crippen LogP) is 1.43. The van der Waals surface area contributed by atoms with Gasteiger partial charge >= 0.3 is 5.97 Å². The van der Waals surface area contributed by atoms with Crippen LogP contribution in [0.5, 0.6) is 0 Å². The van der Waals surface area contributed by atoms with Crippen molar-refractivity contribution >= 4 is 5.97 Å². The molecule has 0 aliphatic rings. The first-order valence-corrected chi connectivity index (χ1v) is 6.06. The number of furan rings is 1. The van der Waals surface area contributed by atoms with Crippen LogP contribution in [0.3, 0.4) is 0 Å². The highest BCUT2D eigenvalue weighted by atomic mass is 16.5. The molecule has 0 bridgehead atoms. The van der Waals surface area contributed by atoms with Gasteiger partial charge in [0.25, 0.3) is 0 Å². The molecule has 0 radical (unpaired) electrons. The van der Waals surface area contributed by atoms with Gasteiger partial charge in [0.2, 0.25) is 0 Å². The van der Waals surface area contributed by atoms with E-state index in [1.54, 1.807) is 25.5 Å². The van der Waals surface area contributed by atoms with E-state index in [-0.39, 0.29) is 5.97 Å². The summed E-state index contributed by atoms with van der Waals surface area (Å²) in [4.78, 5) is 18.4. The Bertz CT molecular complexity index is 531. The summed E-state index contributed by atoms with van der Waals surface area (Å²) in [6.45, 7) is 3.13. The van der Waals surface area contributed by atoms with Crippen LogP contribution >= 0.6 is 0 Å². The molecule has 0 fully saturated rings. The van der Waals surface area contributed by atoms with Crippen LogP contribution in [0.2, 0.25) is 0 Å². The minimum atomic E-state index is -0.370. The lowest BCUT2D eigenvalue weighted by atomic mass is 10.2. The highest BCUT2D eigenvalue weighted by molar-refractivity contribution is 5.90. The smallest absolute Gasteiger partial charge is 0.341 e. The van der Waals surface area contributed by atoms with E-state index in [1.165, 1.54) is 7.11 Å². The molecule has 0 saturated heterocycles. The summed E-state index contributed by atoms with van der Waals surface area (Å²) in [7, 11) is 1.36. The zero-order chi connectivity index (χ0) is 13.7. The van der Waals surface area contributed by atoms with Gasteiger partial charge in [-0.1, -0.05) is 0 Å². The topological polar surface area (TPSA) is 80.1 Å². The maximum Gasteiger partial charge on any atom is 0.341 e. The van der Waals surface area contributed by atoms with Crippen molar-refractivity contribution in [1.82, 2.24) is 15.3 Å². The monoisotopic (exact) mass is 263 g/mol. The van der Waals surface area contributed by atoms with Gasteiger partial charge in [-0.05, 0) is 13.0 Å². The quantitative estimate of drug-likeness (QED) is 0.608. The lowest BCUT2D eigenvalue weighted by Crippen LogP contribution is -2.16. The minimum Gasteiger partial charge on any atom is -0.465 e. The Morgan fingerprint density at radius 1 is 1.58 bits per heavy atom. The summed E-state index contributed by atoms with van der Waals surface area (Å²) >= 11 is 0. The predicted molar refractivity (Wildman–Crippen MR) is 68.8 cm³/mol. The number of nitrogens with zero attached hydrogens (tertiary/aromatic N) is 1.